The van der Waals surface area contributed by atoms with Crippen LogP contribution < -0.4 is 5.32 Å². The molecule has 6 nitrogen and oxygen atoms in total. The number of anilines is 1. The number of hydrogen-bond donors (Lipinski definition) is 2. The largest absolute Gasteiger partial charge is 0.480 e. The summed E-state index contributed by atoms with van der Waals surface area (Å²) in [7, 11) is 0. The molecular formula is C24H20FN3O3. The van der Waals surface area contributed by atoms with E-state index < -0.39 is 17.8 Å². The first-order valence-electron chi connectivity index (χ1n) is 9.76. The molecule has 156 valence electrons. The normalized spacial score (nSPS) is 11.8. The summed E-state index contributed by atoms with van der Waals surface area (Å²) in [5.41, 5.74) is 2.22. The zero-order valence-corrected chi connectivity index (χ0v) is 16.5. The lowest BCUT2D eigenvalue weighted by Gasteiger charge is -2.17. The van der Waals surface area contributed by atoms with Gasteiger partial charge in [0.2, 0.25) is 0 Å². The molecule has 1 atom stereocenters. The summed E-state index contributed by atoms with van der Waals surface area (Å²) in [6.45, 7) is 0. The van der Waals surface area contributed by atoms with Gasteiger partial charge in [-0.1, -0.05) is 42.5 Å². The van der Waals surface area contributed by atoms with E-state index >= 15 is 0 Å². The fourth-order valence-corrected chi connectivity index (χ4v) is 3.25. The van der Waals surface area contributed by atoms with Crippen LogP contribution in [0, 0.1) is 5.82 Å². The Hall–Kier alpha value is -4.00. The van der Waals surface area contributed by atoms with E-state index in [2.05, 4.69) is 15.3 Å². The predicted octanol–water partition coefficient (Wildman–Crippen LogP) is 4.57. The van der Waals surface area contributed by atoms with Crippen LogP contribution in [0.3, 0.4) is 0 Å². The molecule has 2 heterocycles. The SMILES string of the molecule is O=C(O)C(Cc1ccco1)Nc1ncc(-c2ccccc2F)nc1Cc1ccccc1. The van der Waals surface area contributed by atoms with Gasteiger partial charge in [0.1, 0.15) is 23.4 Å². The van der Waals surface area contributed by atoms with E-state index in [0.29, 0.717) is 35.0 Å². The van der Waals surface area contributed by atoms with Gasteiger partial charge in [-0.2, -0.15) is 0 Å². The highest BCUT2D eigenvalue weighted by Crippen LogP contribution is 2.24. The van der Waals surface area contributed by atoms with Crippen LogP contribution in [0.25, 0.3) is 11.3 Å². The third-order valence-electron chi connectivity index (χ3n) is 4.80. The van der Waals surface area contributed by atoms with Crippen molar-refractivity contribution in [2.24, 2.45) is 0 Å². The maximum absolute atomic E-state index is 14.3. The molecule has 2 aromatic carbocycles. The lowest BCUT2D eigenvalue weighted by atomic mass is 10.1. The molecule has 0 radical (unpaired) electrons. The first-order valence-corrected chi connectivity index (χ1v) is 9.76. The number of benzene rings is 2. The zero-order chi connectivity index (χ0) is 21.6. The van der Waals surface area contributed by atoms with Gasteiger partial charge in [0.15, 0.2) is 0 Å². The topological polar surface area (TPSA) is 88.2 Å². The Morgan fingerprint density at radius 1 is 1.06 bits per heavy atom. The summed E-state index contributed by atoms with van der Waals surface area (Å²) in [4.78, 5) is 20.9. The van der Waals surface area contributed by atoms with E-state index in [1.54, 1.807) is 30.3 Å². The van der Waals surface area contributed by atoms with Crippen molar-refractivity contribution in [2.75, 3.05) is 5.32 Å². The highest BCUT2D eigenvalue weighted by Gasteiger charge is 2.22. The minimum atomic E-state index is -1.04. The van der Waals surface area contributed by atoms with Crippen molar-refractivity contribution >= 4 is 11.8 Å². The second-order valence-electron chi connectivity index (χ2n) is 7.01. The lowest BCUT2D eigenvalue weighted by Crippen LogP contribution is -2.32. The average molecular weight is 417 g/mol. The minimum absolute atomic E-state index is 0.143. The molecule has 2 aromatic heterocycles. The van der Waals surface area contributed by atoms with Gasteiger partial charge < -0.3 is 14.8 Å². The number of carbonyl (C=O) groups is 1. The molecule has 31 heavy (non-hydrogen) atoms. The molecule has 1 unspecified atom stereocenters. The van der Waals surface area contributed by atoms with E-state index in [4.69, 9.17) is 4.42 Å². The number of halogens is 1. The Labute approximate surface area is 178 Å². The number of aromatic nitrogens is 2. The number of hydrogen-bond acceptors (Lipinski definition) is 5. The van der Waals surface area contributed by atoms with Gasteiger partial charge in [-0.15, -0.1) is 0 Å². The predicted molar refractivity (Wildman–Crippen MR) is 114 cm³/mol. The molecule has 4 aromatic rings. The minimum Gasteiger partial charge on any atom is -0.480 e. The molecule has 7 heteroatoms. The monoisotopic (exact) mass is 417 g/mol. The van der Waals surface area contributed by atoms with Crippen molar-refractivity contribution < 1.29 is 18.7 Å². The molecule has 0 aliphatic rings. The molecule has 0 spiro atoms. The molecule has 0 aliphatic carbocycles. The summed E-state index contributed by atoms with van der Waals surface area (Å²) in [6.07, 6.45) is 3.49. The highest BCUT2D eigenvalue weighted by molar-refractivity contribution is 5.77. The van der Waals surface area contributed by atoms with Gasteiger partial charge in [0.25, 0.3) is 0 Å². The third kappa shape index (κ3) is 4.95. The van der Waals surface area contributed by atoms with E-state index in [1.807, 2.05) is 30.3 Å². The highest BCUT2D eigenvalue weighted by atomic mass is 19.1. The van der Waals surface area contributed by atoms with Crippen molar-refractivity contribution in [3.8, 4) is 11.3 Å². The first-order chi connectivity index (χ1) is 15.1. The molecule has 0 saturated carbocycles. The van der Waals surface area contributed by atoms with Gasteiger partial charge in [-0.3, -0.25) is 0 Å². The number of nitrogens with zero attached hydrogens (tertiary/aromatic N) is 2. The van der Waals surface area contributed by atoms with Gasteiger partial charge >= 0.3 is 5.97 Å². The number of furan rings is 1. The Bertz CT molecular complexity index is 1160. The fraction of sp³-hybridized carbons (Fsp3) is 0.125. The van der Waals surface area contributed by atoms with Crippen LogP contribution in [-0.2, 0) is 17.6 Å². The van der Waals surface area contributed by atoms with Crippen LogP contribution >= 0.6 is 0 Å². The number of carboxylic acids is 1. The summed E-state index contributed by atoms with van der Waals surface area (Å²) in [5, 5.41) is 12.7. The van der Waals surface area contributed by atoms with Crippen LogP contribution in [0.4, 0.5) is 10.2 Å². The number of rotatable bonds is 8. The zero-order valence-electron chi connectivity index (χ0n) is 16.5. The van der Waals surface area contributed by atoms with E-state index in [0.717, 1.165) is 5.56 Å². The van der Waals surface area contributed by atoms with Crippen molar-refractivity contribution in [1.82, 2.24) is 9.97 Å². The Balaban J connectivity index is 1.69. The van der Waals surface area contributed by atoms with E-state index in [-0.39, 0.29) is 6.42 Å². The van der Waals surface area contributed by atoms with Crippen LogP contribution in [0.5, 0.6) is 0 Å². The van der Waals surface area contributed by atoms with Gasteiger partial charge in [-0.05, 0) is 29.8 Å². The Morgan fingerprint density at radius 2 is 1.84 bits per heavy atom. The maximum Gasteiger partial charge on any atom is 0.326 e. The quantitative estimate of drug-likeness (QED) is 0.437. The van der Waals surface area contributed by atoms with Crippen molar-refractivity contribution in [2.45, 2.75) is 18.9 Å². The Kier molecular flexibility index (Phi) is 6.03. The molecule has 0 amide bonds. The molecule has 2 N–H and O–H groups in total. The van der Waals surface area contributed by atoms with Gasteiger partial charge in [0.05, 0.1) is 23.8 Å². The molecule has 0 fully saturated rings. The summed E-state index contributed by atoms with van der Waals surface area (Å²) >= 11 is 0. The molecular weight excluding hydrogens is 397 g/mol. The molecule has 0 bridgehead atoms. The number of aliphatic carboxylic acids is 1. The lowest BCUT2D eigenvalue weighted by molar-refractivity contribution is -0.138. The van der Waals surface area contributed by atoms with Crippen molar-refractivity contribution in [3.63, 3.8) is 0 Å². The first kappa shape index (κ1) is 20.3. The summed E-state index contributed by atoms with van der Waals surface area (Å²) in [5.74, 6) is -0.560. The average Bonchev–Trinajstić information content (AvgIpc) is 3.29. The second kappa shape index (κ2) is 9.21. The third-order valence-corrected chi connectivity index (χ3v) is 4.80. The van der Waals surface area contributed by atoms with Crippen LogP contribution in [0.1, 0.15) is 17.0 Å². The Morgan fingerprint density at radius 3 is 2.55 bits per heavy atom. The van der Waals surface area contributed by atoms with Crippen molar-refractivity contribution in [1.29, 1.82) is 0 Å². The molecule has 4 rings (SSSR count). The van der Waals surface area contributed by atoms with Gasteiger partial charge in [0, 0.05) is 18.4 Å². The molecule has 0 saturated heterocycles. The number of carboxylic acid groups (broad SMARTS) is 1. The summed E-state index contributed by atoms with van der Waals surface area (Å²) in [6, 6.07) is 18.4. The maximum atomic E-state index is 14.3. The number of nitrogens with one attached hydrogen (secondary N) is 1. The van der Waals surface area contributed by atoms with E-state index in [9.17, 15) is 14.3 Å². The fourth-order valence-electron chi connectivity index (χ4n) is 3.25. The van der Waals surface area contributed by atoms with Crippen LogP contribution in [-0.4, -0.2) is 27.1 Å². The van der Waals surface area contributed by atoms with Crippen LogP contribution in [0.2, 0.25) is 0 Å². The van der Waals surface area contributed by atoms with Crippen molar-refractivity contribution in [3.05, 3.63) is 102 Å². The van der Waals surface area contributed by atoms with Crippen LogP contribution in [0.15, 0.2) is 83.6 Å². The standard InChI is InChI=1S/C24H20FN3O3/c25-19-11-5-4-10-18(19)22-15-26-23(20(27-22)13-16-7-2-1-3-8-16)28-21(24(29)30)14-17-9-6-12-31-17/h1-12,15,21H,13-14H2,(H,26,28)(H,29,30). The van der Waals surface area contributed by atoms with Gasteiger partial charge in [-0.25, -0.2) is 19.2 Å². The molecule has 0 aliphatic heterocycles. The second-order valence-corrected chi connectivity index (χ2v) is 7.01. The van der Waals surface area contributed by atoms with E-state index in [1.165, 1.54) is 18.5 Å². The summed E-state index contributed by atoms with van der Waals surface area (Å²) < 4.78 is 19.6. The smallest absolute Gasteiger partial charge is 0.326 e.